The van der Waals surface area contributed by atoms with Gasteiger partial charge in [0.15, 0.2) is 0 Å². The van der Waals surface area contributed by atoms with Crippen LogP contribution in [-0.4, -0.2) is 29.0 Å². The molecule has 0 aromatic carbocycles. The molecule has 0 spiro atoms. The predicted octanol–water partition coefficient (Wildman–Crippen LogP) is 4.50. The number of hydrogen-bond donors (Lipinski definition) is 1. The summed E-state index contributed by atoms with van der Waals surface area (Å²) in [5.74, 6) is 3.75. The molecule has 3 aliphatic carbocycles. The highest BCUT2D eigenvalue weighted by Gasteiger charge is 2.58. The second-order valence-corrected chi connectivity index (χ2v) is 9.19. The Morgan fingerprint density at radius 2 is 1.86 bits per heavy atom. The van der Waals surface area contributed by atoms with Crippen LogP contribution in [0.1, 0.15) is 71.6 Å². The molecule has 0 bridgehead atoms. The monoisotopic (exact) mass is 304 g/mol. The van der Waals surface area contributed by atoms with Gasteiger partial charge in [0.2, 0.25) is 0 Å². The van der Waals surface area contributed by atoms with E-state index in [4.69, 9.17) is 0 Å². The molecule has 1 unspecified atom stereocenters. The zero-order chi connectivity index (χ0) is 15.5. The lowest BCUT2D eigenvalue weighted by molar-refractivity contribution is -0.0968. The lowest BCUT2D eigenvalue weighted by Gasteiger charge is -2.61. The maximum Gasteiger partial charge on any atom is 0.144 e. The van der Waals surface area contributed by atoms with Gasteiger partial charge >= 0.3 is 0 Å². The first-order chi connectivity index (χ1) is 10.5. The van der Waals surface area contributed by atoms with Crippen LogP contribution in [0.3, 0.4) is 0 Å². The van der Waals surface area contributed by atoms with Crippen molar-refractivity contribution in [2.75, 3.05) is 7.05 Å². The van der Waals surface area contributed by atoms with Crippen molar-refractivity contribution < 1.29 is 5.21 Å². The molecule has 0 aromatic heterocycles. The topological polar surface area (TPSA) is 35.8 Å². The van der Waals surface area contributed by atoms with E-state index in [9.17, 15) is 5.21 Å². The first kappa shape index (κ1) is 14.8. The maximum absolute atomic E-state index is 9.27. The van der Waals surface area contributed by atoms with Crippen LogP contribution in [0.15, 0.2) is 5.16 Å². The smallest absolute Gasteiger partial charge is 0.144 e. The van der Waals surface area contributed by atoms with Gasteiger partial charge in [0, 0.05) is 19.5 Å². The Bertz CT molecular complexity index is 490. The third-order valence-corrected chi connectivity index (χ3v) is 8.48. The van der Waals surface area contributed by atoms with E-state index in [1.165, 1.54) is 51.4 Å². The summed E-state index contributed by atoms with van der Waals surface area (Å²) < 4.78 is 0. The number of rotatable bonds is 0. The van der Waals surface area contributed by atoms with Gasteiger partial charge < -0.3 is 10.1 Å². The summed E-state index contributed by atoms with van der Waals surface area (Å²) in [7, 11) is 2.15. The first-order valence-electron chi connectivity index (χ1n) is 9.43. The van der Waals surface area contributed by atoms with Crippen molar-refractivity contribution >= 4 is 5.84 Å². The molecule has 0 aromatic rings. The summed E-state index contributed by atoms with van der Waals surface area (Å²) in [6.45, 7) is 5.13. The van der Waals surface area contributed by atoms with Gasteiger partial charge in [0.05, 0.1) is 0 Å². The molecule has 4 fully saturated rings. The molecule has 124 valence electrons. The van der Waals surface area contributed by atoms with Crippen molar-refractivity contribution in [3.8, 4) is 0 Å². The Morgan fingerprint density at radius 3 is 2.64 bits per heavy atom. The highest BCUT2D eigenvalue weighted by molar-refractivity contribution is 5.82. The number of amidine groups is 1. The summed E-state index contributed by atoms with van der Waals surface area (Å²) in [5, 5.41) is 12.8. The number of piperidine rings is 1. The van der Waals surface area contributed by atoms with Gasteiger partial charge in [0.1, 0.15) is 5.84 Å². The largest absolute Gasteiger partial charge is 0.409 e. The van der Waals surface area contributed by atoms with Crippen molar-refractivity contribution in [3.05, 3.63) is 0 Å². The molecule has 1 saturated heterocycles. The van der Waals surface area contributed by atoms with E-state index >= 15 is 0 Å². The van der Waals surface area contributed by atoms with Gasteiger partial charge in [-0.15, -0.1) is 0 Å². The lowest BCUT2D eigenvalue weighted by atomic mass is 9.47. The van der Waals surface area contributed by atoms with Crippen molar-refractivity contribution in [2.45, 2.75) is 77.7 Å². The number of oxime groups is 1. The zero-order valence-corrected chi connectivity index (χ0v) is 14.5. The zero-order valence-electron chi connectivity index (χ0n) is 14.5. The second kappa shape index (κ2) is 4.88. The molecule has 3 saturated carbocycles. The van der Waals surface area contributed by atoms with Crippen LogP contribution in [-0.2, 0) is 0 Å². The van der Waals surface area contributed by atoms with Crippen LogP contribution in [0.4, 0.5) is 0 Å². The molecule has 22 heavy (non-hydrogen) atoms. The number of likely N-dealkylation sites (tertiary alicyclic amines) is 1. The minimum Gasteiger partial charge on any atom is -0.409 e. The van der Waals surface area contributed by atoms with Crippen LogP contribution in [0, 0.1) is 28.6 Å². The molecule has 4 aliphatic rings. The van der Waals surface area contributed by atoms with E-state index in [0.717, 1.165) is 30.0 Å². The summed E-state index contributed by atoms with van der Waals surface area (Å²) in [5.41, 5.74) is 1.08. The first-order valence-corrected chi connectivity index (χ1v) is 9.43. The van der Waals surface area contributed by atoms with Crippen molar-refractivity contribution in [3.63, 3.8) is 0 Å². The van der Waals surface area contributed by atoms with Crippen LogP contribution in [0.5, 0.6) is 0 Å². The van der Waals surface area contributed by atoms with Gasteiger partial charge in [-0.1, -0.05) is 25.4 Å². The second-order valence-electron chi connectivity index (χ2n) is 9.19. The fourth-order valence-electron chi connectivity index (χ4n) is 7.27. The Labute approximate surface area is 135 Å². The Kier molecular flexibility index (Phi) is 3.29. The van der Waals surface area contributed by atoms with Crippen molar-refractivity contribution in [1.29, 1.82) is 0 Å². The molecule has 1 N–H and O–H groups in total. The molecule has 3 nitrogen and oxygen atoms in total. The molecule has 0 amide bonds. The molecular weight excluding hydrogens is 272 g/mol. The van der Waals surface area contributed by atoms with E-state index in [0.29, 0.717) is 16.9 Å². The average Bonchev–Trinajstić information content (AvgIpc) is 2.89. The van der Waals surface area contributed by atoms with Gasteiger partial charge in [-0.2, -0.15) is 0 Å². The number of hydrogen-bond acceptors (Lipinski definition) is 2. The van der Waals surface area contributed by atoms with Gasteiger partial charge in [0.25, 0.3) is 0 Å². The van der Waals surface area contributed by atoms with E-state index in [1.807, 2.05) is 0 Å². The highest BCUT2D eigenvalue weighted by atomic mass is 16.4. The summed E-state index contributed by atoms with van der Waals surface area (Å²) in [6.07, 6.45) is 12.2. The van der Waals surface area contributed by atoms with Crippen LogP contribution in [0.25, 0.3) is 0 Å². The molecule has 0 radical (unpaired) electrons. The Balaban J connectivity index is 1.64. The lowest BCUT2D eigenvalue weighted by Crippen LogP contribution is -2.61. The van der Waals surface area contributed by atoms with Crippen molar-refractivity contribution in [1.82, 2.24) is 4.90 Å². The van der Waals surface area contributed by atoms with E-state index in [2.05, 4.69) is 31.0 Å². The maximum atomic E-state index is 9.27. The minimum absolute atomic E-state index is 0.426. The van der Waals surface area contributed by atoms with Gasteiger partial charge in [-0.05, 0) is 73.5 Å². The fourth-order valence-corrected chi connectivity index (χ4v) is 7.27. The van der Waals surface area contributed by atoms with E-state index < -0.39 is 0 Å². The molecular formula is C19H32N2O. The average molecular weight is 304 g/mol. The Morgan fingerprint density at radius 1 is 1.05 bits per heavy atom. The van der Waals surface area contributed by atoms with Gasteiger partial charge in [-0.25, -0.2) is 0 Å². The van der Waals surface area contributed by atoms with E-state index in [1.54, 1.807) is 0 Å². The fraction of sp³-hybridized carbons (Fsp3) is 0.947. The quantitative estimate of drug-likeness (QED) is 0.528. The summed E-state index contributed by atoms with van der Waals surface area (Å²) >= 11 is 0. The van der Waals surface area contributed by atoms with E-state index in [-0.39, 0.29) is 0 Å². The third kappa shape index (κ3) is 1.83. The predicted molar refractivity (Wildman–Crippen MR) is 89.0 cm³/mol. The molecule has 1 aliphatic heterocycles. The molecule has 3 heteroatoms. The van der Waals surface area contributed by atoms with Crippen LogP contribution >= 0.6 is 0 Å². The SMILES string of the molecule is CN1C(=NO)CC[C@@]2(C)C1CC[C@@H]1[C@H]2CC[C@]2(C)CCC[C@@H]12. The molecule has 4 rings (SSSR count). The summed E-state index contributed by atoms with van der Waals surface area (Å²) in [4.78, 5) is 2.31. The highest BCUT2D eigenvalue weighted by Crippen LogP contribution is 2.64. The third-order valence-electron chi connectivity index (χ3n) is 8.48. The number of nitrogens with zero attached hydrogens (tertiary/aromatic N) is 2. The number of fused-ring (bicyclic) bond motifs is 5. The van der Waals surface area contributed by atoms with Crippen LogP contribution in [0.2, 0.25) is 0 Å². The molecule has 6 atom stereocenters. The normalized spacial score (nSPS) is 53.0. The minimum atomic E-state index is 0.426. The summed E-state index contributed by atoms with van der Waals surface area (Å²) in [6, 6.07) is 0.583. The Hall–Kier alpha value is -0.730. The van der Waals surface area contributed by atoms with Crippen molar-refractivity contribution in [2.24, 2.45) is 33.7 Å². The molecule has 1 heterocycles. The van der Waals surface area contributed by atoms with Gasteiger partial charge in [-0.3, -0.25) is 0 Å². The van der Waals surface area contributed by atoms with Crippen LogP contribution < -0.4 is 0 Å². The standard InChI is InChI=1S/C19H32N2O/c1-18-10-4-5-14(18)13-6-7-16-19(2,15(13)8-11-18)12-9-17(20-22)21(16)3/h13-16,22H,4-12H2,1-3H3/t13-,14-,15+,16?,18-,19+/m0/s1.